The van der Waals surface area contributed by atoms with Crippen molar-refractivity contribution < 1.29 is 17.9 Å². The molecular formula is C15H22N2O4S. The smallest absolute Gasteiger partial charge is 0.317 e. The molecule has 0 aliphatic carbocycles. The van der Waals surface area contributed by atoms with Crippen LogP contribution in [0.3, 0.4) is 0 Å². The molecule has 1 aliphatic heterocycles. The molecule has 1 N–H and O–H groups in total. The highest BCUT2D eigenvalue weighted by Gasteiger charge is 2.29. The summed E-state index contributed by atoms with van der Waals surface area (Å²) in [6, 6.07) is 5.23. The molecule has 1 fully saturated rings. The van der Waals surface area contributed by atoms with Gasteiger partial charge >= 0.3 is 6.03 Å². The largest absolute Gasteiger partial charge is 0.496 e. The molecule has 2 rings (SSSR count). The van der Waals surface area contributed by atoms with Crippen LogP contribution in [0.5, 0.6) is 5.75 Å². The number of nitrogens with zero attached hydrogens (tertiary/aromatic N) is 1. The van der Waals surface area contributed by atoms with E-state index in [1.165, 1.54) is 0 Å². The molecule has 1 saturated heterocycles. The summed E-state index contributed by atoms with van der Waals surface area (Å²) in [5, 5.41) is 2.77. The number of carbonyl (C=O) groups is 1. The molecule has 1 aromatic carbocycles. The van der Waals surface area contributed by atoms with Crippen molar-refractivity contribution in [3.8, 4) is 5.75 Å². The van der Waals surface area contributed by atoms with Gasteiger partial charge in [-0.1, -0.05) is 12.1 Å². The van der Waals surface area contributed by atoms with Gasteiger partial charge in [0.15, 0.2) is 9.84 Å². The molecule has 0 aromatic heterocycles. The van der Waals surface area contributed by atoms with Crippen molar-refractivity contribution in [3.63, 3.8) is 0 Å². The Morgan fingerprint density at radius 2 is 2.18 bits per heavy atom. The van der Waals surface area contributed by atoms with E-state index in [1.54, 1.807) is 19.1 Å². The quantitative estimate of drug-likeness (QED) is 0.906. The third-order valence-electron chi connectivity index (χ3n) is 3.79. The van der Waals surface area contributed by atoms with Crippen molar-refractivity contribution >= 4 is 15.9 Å². The lowest BCUT2D eigenvalue weighted by Crippen LogP contribution is -2.43. The van der Waals surface area contributed by atoms with E-state index >= 15 is 0 Å². The van der Waals surface area contributed by atoms with Crippen LogP contribution in [-0.2, 0) is 16.4 Å². The number of hydrogen-bond donors (Lipinski definition) is 1. The maximum absolute atomic E-state index is 12.1. The van der Waals surface area contributed by atoms with E-state index in [1.807, 2.05) is 25.1 Å². The number of hydrogen-bond acceptors (Lipinski definition) is 4. The van der Waals surface area contributed by atoms with Gasteiger partial charge in [0.1, 0.15) is 5.75 Å². The highest BCUT2D eigenvalue weighted by Crippen LogP contribution is 2.19. The molecule has 122 valence electrons. The molecule has 0 saturated carbocycles. The number of urea groups is 1. The van der Waals surface area contributed by atoms with Gasteiger partial charge in [-0.25, -0.2) is 13.2 Å². The number of ether oxygens (including phenoxy) is 1. The zero-order valence-corrected chi connectivity index (χ0v) is 13.9. The second-order valence-electron chi connectivity index (χ2n) is 5.71. The molecule has 1 unspecified atom stereocenters. The Balaban J connectivity index is 1.92. The Morgan fingerprint density at radius 1 is 1.45 bits per heavy atom. The molecule has 1 aromatic rings. The summed E-state index contributed by atoms with van der Waals surface area (Å²) in [4.78, 5) is 13.7. The number of aryl methyl sites for hydroxylation is 1. The van der Waals surface area contributed by atoms with Crippen LogP contribution in [0.15, 0.2) is 18.2 Å². The van der Waals surface area contributed by atoms with Gasteiger partial charge in [-0.15, -0.1) is 0 Å². The molecule has 1 aliphatic rings. The Hall–Kier alpha value is -1.76. The average Bonchev–Trinajstić information content (AvgIpc) is 2.78. The van der Waals surface area contributed by atoms with Crippen molar-refractivity contribution in [1.29, 1.82) is 0 Å². The fraction of sp³-hybridized carbons (Fsp3) is 0.533. The molecule has 0 radical (unpaired) electrons. The lowest BCUT2D eigenvalue weighted by Gasteiger charge is -2.21. The first-order valence-electron chi connectivity index (χ1n) is 7.16. The number of nitrogens with one attached hydrogen (secondary N) is 1. The first kappa shape index (κ1) is 16.6. The summed E-state index contributed by atoms with van der Waals surface area (Å²) in [5.41, 5.74) is 2.01. The normalized spacial score (nSPS) is 19.7. The third-order valence-corrected chi connectivity index (χ3v) is 5.55. The van der Waals surface area contributed by atoms with Crippen LogP contribution in [0.4, 0.5) is 4.79 Å². The standard InChI is InChI=1S/C15H22N2O4S/c1-11-8-12(4-5-14(11)21-3)9-17(2)15(18)16-13-6-7-22(19,20)10-13/h4-5,8,13H,6-7,9-10H2,1-3H3,(H,16,18). The monoisotopic (exact) mass is 326 g/mol. The van der Waals surface area contributed by atoms with Crippen molar-refractivity contribution in [2.75, 3.05) is 25.7 Å². The van der Waals surface area contributed by atoms with Crippen molar-refractivity contribution in [1.82, 2.24) is 10.2 Å². The molecule has 22 heavy (non-hydrogen) atoms. The zero-order chi connectivity index (χ0) is 16.3. The summed E-state index contributed by atoms with van der Waals surface area (Å²) in [7, 11) is 0.329. The van der Waals surface area contributed by atoms with E-state index in [9.17, 15) is 13.2 Å². The lowest BCUT2D eigenvalue weighted by molar-refractivity contribution is 0.203. The summed E-state index contributed by atoms with van der Waals surface area (Å²) < 4.78 is 28.0. The SMILES string of the molecule is COc1ccc(CN(C)C(=O)NC2CCS(=O)(=O)C2)cc1C. The average molecular weight is 326 g/mol. The molecule has 7 heteroatoms. The van der Waals surface area contributed by atoms with E-state index in [2.05, 4.69) is 5.32 Å². The molecule has 1 heterocycles. The van der Waals surface area contributed by atoms with Crippen LogP contribution < -0.4 is 10.1 Å². The van der Waals surface area contributed by atoms with Crippen LogP contribution in [-0.4, -0.2) is 51.1 Å². The van der Waals surface area contributed by atoms with Crippen LogP contribution in [0.1, 0.15) is 17.5 Å². The van der Waals surface area contributed by atoms with Gasteiger partial charge in [-0.3, -0.25) is 0 Å². The predicted octanol–water partition coefficient (Wildman–Crippen LogP) is 1.33. The topological polar surface area (TPSA) is 75.7 Å². The molecule has 0 bridgehead atoms. The summed E-state index contributed by atoms with van der Waals surface area (Å²) in [5.74, 6) is 1.00. The second-order valence-corrected chi connectivity index (χ2v) is 7.94. The number of sulfone groups is 1. The minimum atomic E-state index is -2.99. The molecule has 1 atom stereocenters. The van der Waals surface area contributed by atoms with Gasteiger partial charge in [0, 0.05) is 19.6 Å². The van der Waals surface area contributed by atoms with E-state index in [0.29, 0.717) is 13.0 Å². The Morgan fingerprint density at radius 3 is 2.73 bits per heavy atom. The minimum Gasteiger partial charge on any atom is -0.496 e. The molecule has 0 spiro atoms. The number of benzene rings is 1. The summed E-state index contributed by atoms with van der Waals surface area (Å²) in [6.07, 6.45) is 0.490. The first-order valence-corrected chi connectivity index (χ1v) is 8.98. The van der Waals surface area contributed by atoms with Crippen LogP contribution in [0.2, 0.25) is 0 Å². The van der Waals surface area contributed by atoms with Crippen molar-refractivity contribution in [2.24, 2.45) is 0 Å². The fourth-order valence-electron chi connectivity index (χ4n) is 2.58. The van der Waals surface area contributed by atoms with E-state index in [-0.39, 0.29) is 23.6 Å². The lowest BCUT2D eigenvalue weighted by atomic mass is 10.1. The summed E-state index contributed by atoms with van der Waals surface area (Å²) >= 11 is 0. The van der Waals surface area contributed by atoms with Gasteiger partial charge in [-0.2, -0.15) is 0 Å². The summed E-state index contributed by atoms with van der Waals surface area (Å²) in [6.45, 7) is 2.40. The van der Waals surface area contributed by atoms with Gasteiger partial charge in [0.2, 0.25) is 0 Å². The maximum Gasteiger partial charge on any atom is 0.317 e. The Labute approximate surface area is 131 Å². The predicted molar refractivity (Wildman–Crippen MR) is 84.8 cm³/mol. The molecule has 6 nitrogen and oxygen atoms in total. The third kappa shape index (κ3) is 4.13. The van der Waals surface area contributed by atoms with Gasteiger partial charge < -0.3 is 15.0 Å². The van der Waals surface area contributed by atoms with Crippen LogP contribution in [0.25, 0.3) is 0 Å². The maximum atomic E-state index is 12.1. The Kier molecular flexibility index (Phi) is 4.95. The Bertz CT molecular complexity index is 658. The van der Waals surface area contributed by atoms with E-state index in [0.717, 1.165) is 16.9 Å². The van der Waals surface area contributed by atoms with E-state index in [4.69, 9.17) is 4.74 Å². The highest BCUT2D eigenvalue weighted by molar-refractivity contribution is 7.91. The van der Waals surface area contributed by atoms with E-state index < -0.39 is 9.84 Å². The zero-order valence-electron chi connectivity index (χ0n) is 13.1. The van der Waals surface area contributed by atoms with Gasteiger partial charge in [0.25, 0.3) is 0 Å². The first-order chi connectivity index (χ1) is 10.3. The number of carbonyl (C=O) groups excluding carboxylic acids is 1. The van der Waals surface area contributed by atoms with Crippen molar-refractivity contribution in [3.05, 3.63) is 29.3 Å². The van der Waals surface area contributed by atoms with Crippen molar-refractivity contribution in [2.45, 2.75) is 25.9 Å². The number of methoxy groups -OCH3 is 1. The van der Waals surface area contributed by atoms with Gasteiger partial charge in [-0.05, 0) is 30.5 Å². The van der Waals surface area contributed by atoms with Crippen LogP contribution in [0, 0.1) is 6.92 Å². The van der Waals surface area contributed by atoms with Gasteiger partial charge in [0.05, 0.1) is 18.6 Å². The highest BCUT2D eigenvalue weighted by atomic mass is 32.2. The number of rotatable bonds is 4. The molecule has 2 amide bonds. The fourth-order valence-corrected chi connectivity index (χ4v) is 4.25. The number of amides is 2. The van der Waals surface area contributed by atoms with Crippen LogP contribution >= 0.6 is 0 Å². The molecular weight excluding hydrogens is 304 g/mol. The second kappa shape index (κ2) is 6.56. The minimum absolute atomic E-state index is 0.0359.